The summed E-state index contributed by atoms with van der Waals surface area (Å²) < 4.78 is 7.13. The number of aromatic nitrogens is 3. The highest BCUT2D eigenvalue weighted by atomic mass is 16.5. The van der Waals surface area contributed by atoms with E-state index in [-0.39, 0.29) is 5.91 Å². The average Bonchev–Trinajstić information content (AvgIpc) is 3.12. The van der Waals surface area contributed by atoms with Gasteiger partial charge in [-0.15, -0.1) is 0 Å². The van der Waals surface area contributed by atoms with Crippen molar-refractivity contribution in [3.05, 3.63) is 42.0 Å². The molecule has 0 bridgehead atoms. The van der Waals surface area contributed by atoms with Gasteiger partial charge in [0, 0.05) is 25.2 Å². The maximum Gasteiger partial charge on any atom is 0.257 e. The van der Waals surface area contributed by atoms with Crippen molar-refractivity contribution in [2.75, 3.05) is 37.0 Å². The van der Waals surface area contributed by atoms with Crippen molar-refractivity contribution < 1.29 is 9.53 Å². The third kappa shape index (κ3) is 6.22. The van der Waals surface area contributed by atoms with Crippen molar-refractivity contribution in [2.45, 2.75) is 40.7 Å². The maximum absolute atomic E-state index is 12.9. The monoisotopic (exact) mass is 452 g/mol. The summed E-state index contributed by atoms with van der Waals surface area (Å²) in [7, 11) is 1.60. The first-order valence-corrected chi connectivity index (χ1v) is 11.6. The van der Waals surface area contributed by atoms with Crippen LogP contribution in [-0.2, 0) is 6.54 Å². The third-order valence-electron chi connectivity index (χ3n) is 5.24. The second-order valence-electron chi connectivity index (χ2n) is 9.12. The molecule has 1 amide bonds. The fourth-order valence-electron chi connectivity index (χ4n) is 3.78. The third-order valence-corrected chi connectivity index (χ3v) is 5.24. The molecule has 0 fully saturated rings. The number of hydrogen-bond donors (Lipinski definition) is 2. The lowest BCUT2D eigenvalue weighted by Crippen LogP contribution is -2.32. The summed E-state index contributed by atoms with van der Waals surface area (Å²) in [6, 6.07) is 11.0. The number of imidazole rings is 1. The van der Waals surface area contributed by atoms with E-state index in [1.54, 1.807) is 31.4 Å². The summed E-state index contributed by atoms with van der Waals surface area (Å²) >= 11 is 0. The lowest BCUT2D eigenvalue weighted by molar-refractivity contribution is 0.102. The van der Waals surface area contributed by atoms with E-state index in [0.29, 0.717) is 42.2 Å². The molecule has 8 nitrogen and oxygen atoms in total. The Morgan fingerprint density at radius 3 is 2.30 bits per heavy atom. The molecule has 0 unspecified atom stereocenters. The first-order chi connectivity index (χ1) is 15.8. The Hall–Kier alpha value is -3.13. The molecule has 0 spiro atoms. The first-order valence-electron chi connectivity index (χ1n) is 11.6. The number of fused-ring (bicyclic) bond motifs is 1. The van der Waals surface area contributed by atoms with Crippen molar-refractivity contribution in [1.82, 2.24) is 14.5 Å². The quantitative estimate of drug-likeness (QED) is 0.453. The number of hydrogen-bond acceptors (Lipinski definition) is 6. The van der Waals surface area contributed by atoms with Crippen LogP contribution in [0, 0.1) is 11.8 Å². The standard InChI is InChI=1S/C25H36N6O2/c1-17(2)15-30(16-18(3)4)22-12-11-21-23(28-22)31(14-6-13-26)25(27-21)29-24(32)19-7-9-20(33-5)10-8-19/h7-12,17-18H,6,13-16,26H2,1-5H3,(H,27,29,32). The van der Waals surface area contributed by atoms with Gasteiger partial charge in [-0.3, -0.25) is 14.7 Å². The molecule has 3 N–H and O–H groups in total. The van der Waals surface area contributed by atoms with Gasteiger partial charge in [-0.25, -0.2) is 9.97 Å². The van der Waals surface area contributed by atoms with Crippen LogP contribution in [0.4, 0.5) is 11.8 Å². The summed E-state index contributed by atoms with van der Waals surface area (Å²) in [6.07, 6.45) is 0.754. The Kier molecular flexibility index (Phi) is 8.27. The fraction of sp³-hybridized carbons (Fsp3) is 0.480. The summed E-state index contributed by atoms with van der Waals surface area (Å²) in [5.41, 5.74) is 7.81. The Morgan fingerprint density at radius 1 is 1.06 bits per heavy atom. The van der Waals surface area contributed by atoms with Gasteiger partial charge in [0.25, 0.3) is 5.91 Å². The number of anilines is 2. The Morgan fingerprint density at radius 2 is 1.73 bits per heavy atom. The van der Waals surface area contributed by atoms with E-state index in [1.807, 2.05) is 16.7 Å². The number of pyridine rings is 1. The van der Waals surface area contributed by atoms with Crippen LogP contribution in [0.2, 0.25) is 0 Å². The van der Waals surface area contributed by atoms with Crippen LogP contribution in [-0.4, -0.2) is 47.2 Å². The summed E-state index contributed by atoms with van der Waals surface area (Å²) in [5, 5.41) is 2.95. The molecule has 0 saturated heterocycles. The number of carbonyl (C=O) groups is 1. The molecule has 33 heavy (non-hydrogen) atoms. The minimum absolute atomic E-state index is 0.233. The van der Waals surface area contributed by atoms with E-state index in [0.717, 1.165) is 36.5 Å². The molecule has 178 valence electrons. The maximum atomic E-state index is 12.9. The average molecular weight is 453 g/mol. The molecular formula is C25H36N6O2. The number of nitrogens with one attached hydrogen (secondary N) is 1. The lowest BCUT2D eigenvalue weighted by atomic mass is 10.1. The number of nitrogens with two attached hydrogens (primary N) is 1. The van der Waals surface area contributed by atoms with Gasteiger partial charge < -0.3 is 15.4 Å². The number of nitrogens with zero attached hydrogens (tertiary/aromatic N) is 4. The predicted molar refractivity (Wildman–Crippen MR) is 134 cm³/mol. The van der Waals surface area contributed by atoms with Gasteiger partial charge in [-0.2, -0.15) is 0 Å². The Labute approximate surface area is 196 Å². The molecule has 3 aromatic rings. The molecule has 0 aliphatic rings. The van der Waals surface area contributed by atoms with Crippen LogP contribution in [0.15, 0.2) is 36.4 Å². The van der Waals surface area contributed by atoms with Gasteiger partial charge in [0.2, 0.25) is 5.95 Å². The smallest absolute Gasteiger partial charge is 0.257 e. The highest BCUT2D eigenvalue weighted by Crippen LogP contribution is 2.24. The summed E-state index contributed by atoms with van der Waals surface area (Å²) in [4.78, 5) is 24.8. The molecular weight excluding hydrogens is 416 g/mol. The SMILES string of the molecule is COc1ccc(C(=O)Nc2nc3ccc(N(CC(C)C)CC(C)C)nc3n2CCCN)cc1. The van der Waals surface area contributed by atoms with Crippen LogP contribution < -0.4 is 20.7 Å². The lowest BCUT2D eigenvalue weighted by Gasteiger charge is -2.27. The van der Waals surface area contributed by atoms with E-state index in [4.69, 9.17) is 15.5 Å². The van der Waals surface area contributed by atoms with Crippen LogP contribution in [0.25, 0.3) is 11.2 Å². The van der Waals surface area contributed by atoms with Crippen molar-refractivity contribution in [3.8, 4) is 5.75 Å². The van der Waals surface area contributed by atoms with Crippen LogP contribution in [0.3, 0.4) is 0 Å². The highest BCUT2D eigenvalue weighted by Gasteiger charge is 2.18. The minimum atomic E-state index is -0.233. The number of aryl methyl sites for hydroxylation is 1. The highest BCUT2D eigenvalue weighted by molar-refractivity contribution is 6.04. The van der Waals surface area contributed by atoms with Crippen molar-refractivity contribution in [2.24, 2.45) is 17.6 Å². The van der Waals surface area contributed by atoms with Gasteiger partial charge in [0.1, 0.15) is 17.1 Å². The number of amides is 1. The molecule has 0 aliphatic carbocycles. The zero-order chi connectivity index (χ0) is 24.0. The molecule has 0 saturated carbocycles. The largest absolute Gasteiger partial charge is 0.497 e. The van der Waals surface area contributed by atoms with Gasteiger partial charge in [0.05, 0.1) is 7.11 Å². The zero-order valence-electron chi connectivity index (χ0n) is 20.3. The number of benzene rings is 1. The molecule has 8 heteroatoms. The predicted octanol–water partition coefficient (Wildman–Crippen LogP) is 4.16. The second kappa shape index (κ2) is 11.1. The number of carbonyl (C=O) groups excluding carboxylic acids is 1. The number of rotatable bonds is 11. The molecule has 0 atom stereocenters. The van der Waals surface area contributed by atoms with Crippen molar-refractivity contribution >= 4 is 28.8 Å². The Balaban J connectivity index is 1.96. The Bertz CT molecular complexity index is 1050. The van der Waals surface area contributed by atoms with Gasteiger partial charge in [-0.1, -0.05) is 27.7 Å². The van der Waals surface area contributed by atoms with E-state index in [9.17, 15) is 4.79 Å². The molecule has 0 radical (unpaired) electrons. The van der Waals surface area contributed by atoms with Gasteiger partial charge in [0.15, 0.2) is 5.65 Å². The zero-order valence-corrected chi connectivity index (χ0v) is 20.3. The fourth-order valence-corrected chi connectivity index (χ4v) is 3.78. The number of methoxy groups -OCH3 is 1. The van der Waals surface area contributed by atoms with E-state index < -0.39 is 0 Å². The number of ether oxygens (including phenoxy) is 1. The summed E-state index contributed by atoms with van der Waals surface area (Å²) in [6.45, 7) is 11.9. The molecule has 0 aliphatic heterocycles. The molecule has 2 aromatic heterocycles. The molecule has 1 aromatic carbocycles. The first kappa shape index (κ1) is 24.5. The molecule has 3 rings (SSSR count). The van der Waals surface area contributed by atoms with Gasteiger partial charge in [-0.05, 0) is 61.2 Å². The van der Waals surface area contributed by atoms with Crippen molar-refractivity contribution in [1.29, 1.82) is 0 Å². The van der Waals surface area contributed by atoms with Crippen LogP contribution in [0.5, 0.6) is 5.75 Å². The van der Waals surface area contributed by atoms with Crippen molar-refractivity contribution in [3.63, 3.8) is 0 Å². The van der Waals surface area contributed by atoms with Gasteiger partial charge >= 0.3 is 0 Å². The molecule has 2 heterocycles. The van der Waals surface area contributed by atoms with Crippen LogP contribution in [0.1, 0.15) is 44.5 Å². The topological polar surface area (TPSA) is 98.3 Å². The van der Waals surface area contributed by atoms with E-state index in [1.165, 1.54) is 0 Å². The second-order valence-corrected chi connectivity index (χ2v) is 9.12. The summed E-state index contributed by atoms with van der Waals surface area (Å²) in [5.74, 6) is 2.90. The minimum Gasteiger partial charge on any atom is -0.497 e. The van der Waals surface area contributed by atoms with Crippen LogP contribution >= 0.6 is 0 Å². The van der Waals surface area contributed by atoms with E-state index >= 15 is 0 Å². The van der Waals surface area contributed by atoms with E-state index in [2.05, 4.69) is 42.9 Å². The normalized spacial score (nSPS) is 11.4.